The molecule has 6 nitrogen and oxygen atoms in total. The van der Waals surface area contributed by atoms with Crippen LogP contribution in [0.1, 0.15) is 17.8 Å². The first-order chi connectivity index (χ1) is 11.5. The fourth-order valence-electron chi connectivity index (χ4n) is 2.51. The second-order valence-corrected chi connectivity index (χ2v) is 7.41. The minimum absolute atomic E-state index is 0.195. The third kappa shape index (κ3) is 4.18. The van der Waals surface area contributed by atoms with Crippen LogP contribution in [0.3, 0.4) is 0 Å². The lowest BCUT2D eigenvalue weighted by Gasteiger charge is -2.15. The molecule has 0 saturated carbocycles. The van der Waals surface area contributed by atoms with Crippen molar-refractivity contribution >= 4 is 16.1 Å². The Hall–Kier alpha value is -2.25. The average molecular weight is 345 g/mol. The second kappa shape index (κ2) is 7.11. The van der Waals surface area contributed by atoms with Crippen LogP contribution in [-0.4, -0.2) is 41.9 Å². The molecule has 0 unspecified atom stereocenters. The molecule has 1 saturated heterocycles. The molecule has 0 N–H and O–H groups in total. The van der Waals surface area contributed by atoms with Gasteiger partial charge in [0.25, 0.3) is 0 Å². The summed E-state index contributed by atoms with van der Waals surface area (Å²) < 4.78 is 32.0. The Balaban J connectivity index is 1.63. The van der Waals surface area contributed by atoms with Crippen LogP contribution in [0.25, 0.3) is 6.08 Å². The Bertz CT molecular complexity index is 822. The van der Waals surface area contributed by atoms with E-state index >= 15 is 0 Å². The van der Waals surface area contributed by atoms with Gasteiger partial charge >= 0.3 is 0 Å². The number of nitrogens with zero attached hydrogens (tertiary/aromatic N) is 3. The maximum Gasteiger partial charge on any atom is 0.236 e. The Morgan fingerprint density at radius 2 is 2.04 bits per heavy atom. The molecule has 0 bridgehead atoms. The van der Waals surface area contributed by atoms with E-state index in [9.17, 15) is 8.42 Å². The Labute approximate surface area is 141 Å². The minimum Gasteiger partial charge on any atom is -0.473 e. The third-order valence-electron chi connectivity index (χ3n) is 3.74. The van der Waals surface area contributed by atoms with Crippen LogP contribution in [-0.2, 0) is 10.0 Å². The SMILES string of the molecule is Cc1nccc(O[C@@H]2CCN(S(=O)(=O)/C=C/c3ccccc3)C2)n1. The van der Waals surface area contributed by atoms with Crippen molar-refractivity contribution in [3.05, 3.63) is 59.4 Å². The van der Waals surface area contributed by atoms with E-state index in [0.717, 1.165) is 5.56 Å². The highest BCUT2D eigenvalue weighted by Gasteiger charge is 2.31. The van der Waals surface area contributed by atoms with Crippen LogP contribution < -0.4 is 4.74 Å². The zero-order valence-electron chi connectivity index (χ0n) is 13.4. The summed E-state index contributed by atoms with van der Waals surface area (Å²) in [6.45, 7) is 2.55. The lowest BCUT2D eigenvalue weighted by atomic mass is 10.2. The van der Waals surface area contributed by atoms with Crippen molar-refractivity contribution in [1.29, 1.82) is 0 Å². The molecule has 1 aliphatic heterocycles. The van der Waals surface area contributed by atoms with Gasteiger partial charge in [-0.3, -0.25) is 0 Å². The number of rotatable bonds is 5. The van der Waals surface area contributed by atoms with Gasteiger partial charge in [0.2, 0.25) is 15.9 Å². The highest BCUT2D eigenvalue weighted by atomic mass is 32.2. The molecule has 3 rings (SSSR count). The van der Waals surface area contributed by atoms with Crippen molar-refractivity contribution in [1.82, 2.24) is 14.3 Å². The smallest absolute Gasteiger partial charge is 0.236 e. The van der Waals surface area contributed by atoms with E-state index in [1.165, 1.54) is 9.71 Å². The van der Waals surface area contributed by atoms with Crippen molar-refractivity contribution in [3.63, 3.8) is 0 Å². The van der Waals surface area contributed by atoms with E-state index in [4.69, 9.17) is 4.74 Å². The van der Waals surface area contributed by atoms with Crippen LogP contribution in [0.5, 0.6) is 5.88 Å². The first kappa shape index (κ1) is 16.6. The topological polar surface area (TPSA) is 72.4 Å². The van der Waals surface area contributed by atoms with Crippen molar-refractivity contribution in [2.24, 2.45) is 0 Å². The number of hydrogen-bond acceptors (Lipinski definition) is 5. The molecular weight excluding hydrogens is 326 g/mol. The number of aromatic nitrogens is 2. The van der Waals surface area contributed by atoms with E-state index < -0.39 is 10.0 Å². The van der Waals surface area contributed by atoms with Gasteiger partial charge in [-0.15, -0.1) is 0 Å². The predicted octanol–water partition coefficient (Wildman–Crippen LogP) is 2.24. The quantitative estimate of drug-likeness (QED) is 0.831. The van der Waals surface area contributed by atoms with Crippen LogP contribution in [0, 0.1) is 6.92 Å². The minimum atomic E-state index is -3.45. The van der Waals surface area contributed by atoms with Crippen LogP contribution in [0.4, 0.5) is 0 Å². The summed E-state index contributed by atoms with van der Waals surface area (Å²) in [5.74, 6) is 1.10. The Kier molecular flexibility index (Phi) is 4.92. The Morgan fingerprint density at radius 1 is 1.25 bits per heavy atom. The standard InChI is InChI=1S/C17H19N3O3S/c1-14-18-10-7-17(19-14)23-16-8-11-20(13-16)24(21,22)12-9-15-5-3-2-4-6-15/h2-7,9-10,12,16H,8,11,13H2,1H3/b12-9+/t16-/m1/s1. The van der Waals surface area contributed by atoms with Crippen molar-refractivity contribution in [3.8, 4) is 5.88 Å². The molecule has 2 heterocycles. The summed E-state index contributed by atoms with van der Waals surface area (Å²) in [4.78, 5) is 8.20. The lowest BCUT2D eigenvalue weighted by molar-refractivity contribution is 0.206. The third-order valence-corrected chi connectivity index (χ3v) is 5.27. The summed E-state index contributed by atoms with van der Waals surface area (Å²) >= 11 is 0. The van der Waals surface area contributed by atoms with Gasteiger partial charge in [-0.2, -0.15) is 9.29 Å². The fraction of sp³-hybridized carbons (Fsp3) is 0.294. The van der Waals surface area contributed by atoms with Gasteiger partial charge in [-0.25, -0.2) is 13.4 Å². The monoisotopic (exact) mass is 345 g/mol. The normalized spacial score (nSPS) is 19.0. The largest absolute Gasteiger partial charge is 0.473 e. The summed E-state index contributed by atoms with van der Waals surface area (Å²) in [7, 11) is -3.45. The molecular formula is C17H19N3O3S. The molecule has 2 aromatic rings. The second-order valence-electron chi connectivity index (χ2n) is 5.59. The van der Waals surface area contributed by atoms with E-state index in [1.54, 1.807) is 25.3 Å². The first-order valence-electron chi connectivity index (χ1n) is 7.72. The predicted molar refractivity (Wildman–Crippen MR) is 91.8 cm³/mol. The number of aryl methyl sites for hydroxylation is 1. The van der Waals surface area contributed by atoms with Gasteiger partial charge in [0.15, 0.2) is 0 Å². The molecule has 0 spiro atoms. The maximum absolute atomic E-state index is 12.4. The molecule has 7 heteroatoms. The van der Waals surface area contributed by atoms with Crippen molar-refractivity contribution in [2.75, 3.05) is 13.1 Å². The zero-order valence-corrected chi connectivity index (χ0v) is 14.2. The number of hydrogen-bond donors (Lipinski definition) is 0. The van der Waals surface area contributed by atoms with Crippen LogP contribution >= 0.6 is 0 Å². The maximum atomic E-state index is 12.4. The highest BCUT2D eigenvalue weighted by molar-refractivity contribution is 7.92. The van der Waals surface area contributed by atoms with Gasteiger partial charge in [-0.05, 0) is 25.0 Å². The Morgan fingerprint density at radius 3 is 2.79 bits per heavy atom. The lowest BCUT2D eigenvalue weighted by Crippen LogP contribution is -2.29. The molecule has 0 amide bonds. The van der Waals surface area contributed by atoms with Gasteiger partial charge in [0, 0.05) is 24.2 Å². The fourth-order valence-corrected chi connectivity index (χ4v) is 3.75. The molecule has 1 aliphatic rings. The van der Waals surface area contributed by atoms with Crippen LogP contribution in [0.15, 0.2) is 48.0 Å². The van der Waals surface area contributed by atoms with E-state index in [-0.39, 0.29) is 6.10 Å². The van der Waals surface area contributed by atoms with Gasteiger partial charge < -0.3 is 4.74 Å². The zero-order chi connectivity index (χ0) is 17.0. The van der Waals surface area contributed by atoms with Crippen molar-refractivity contribution in [2.45, 2.75) is 19.4 Å². The molecule has 1 aromatic carbocycles. The molecule has 1 atom stereocenters. The summed E-state index contributed by atoms with van der Waals surface area (Å²) in [6.07, 6.45) is 3.68. The van der Waals surface area contributed by atoms with Gasteiger partial charge in [0.1, 0.15) is 11.9 Å². The molecule has 1 aromatic heterocycles. The van der Waals surface area contributed by atoms with E-state index in [2.05, 4.69) is 9.97 Å². The molecule has 0 radical (unpaired) electrons. The summed E-state index contributed by atoms with van der Waals surface area (Å²) in [5.41, 5.74) is 0.851. The van der Waals surface area contributed by atoms with Gasteiger partial charge in [-0.1, -0.05) is 30.3 Å². The molecule has 24 heavy (non-hydrogen) atoms. The summed E-state index contributed by atoms with van der Waals surface area (Å²) in [6, 6.07) is 11.0. The van der Waals surface area contributed by atoms with E-state index in [1.807, 2.05) is 30.3 Å². The number of ether oxygens (including phenoxy) is 1. The number of sulfonamides is 1. The first-order valence-corrected chi connectivity index (χ1v) is 9.23. The van der Waals surface area contributed by atoms with Gasteiger partial charge in [0.05, 0.1) is 6.54 Å². The molecule has 1 fully saturated rings. The average Bonchev–Trinajstić information content (AvgIpc) is 3.03. The van der Waals surface area contributed by atoms with Crippen LogP contribution in [0.2, 0.25) is 0 Å². The van der Waals surface area contributed by atoms with E-state index in [0.29, 0.717) is 31.2 Å². The highest BCUT2D eigenvalue weighted by Crippen LogP contribution is 2.20. The molecule has 126 valence electrons. The molecule has 0 aliphatic carbocycles. The number of benzene rings is 1. The summed E-state index contributed by atoms with van der Waals surface area (Å²) in [5, 5.41) is 1.25. The van der Waals surface area contributed by atoms with Crippen molar-refractivity contribution < 1.29 is 13.2 Å².